The third-order valence-corrected chi connectivity index (χ3v) is 2.95. The summed E-state index contributed by atoms with van der Waals surface area (Å²) in [7, 11) is 0. The van der Waals surface area contributed by atoms with Gasteiger partial charge in [0.15, 0.2) is 0 Å². The van der Waals surface area contributed by atoms with Crippen LogP contribution < -0.4 is 5.73 Å². The van der Waals surface area contributed by atoms with Gasteiger partial charge in [-0.3, -0.25) is 9.69 Å². The van der Waals surface area contributed by atoms with E-state index in [2.05, 4.69) is 11.8 Å². The Labute approximate surface area is 84.4 Å². The number of likely N-dealkylation sites (tertiary alicyclic amines) is 1. The summed E-state index contributed by atoms with van der Waals surface area (Å²) in [6.45, 7) is 3.58. The van der Waals surface area contributed by atoms with Crippen LogP contribution in [0.1, 0.15) is 26.2 Å². The number of piperidine rings is 1. The molecule has 2 atom stereocenters. The number of rotatable bonds is 4. The quantitative estimate of drug-likeness (QED) is 0.654. The number of hydrogen-bond acceptors (Lipinski definition) is 3. The van der Waals surface area contributed by atoms with E-state index in [1.807, 2.05) is 0 Å². The lowest BCUT2D eigenvalue weighted by atomic mass is 9.93. The van der Waals surface area contributed by atoms with E-state index in [9.17, 15) is 9.59 Å². The average Bonchev–Trinajstić information content (AvgIpc) is 2.16. The molecule has 1 aliphatic rings. The highest BCUT2D eigenvalue weighted by Crippen LogP contribution is 2.21. The van der Waals surface area contributed by atoms with Gasteiger partial charge >= 0.3 is 0 Å². The monoisotopic (exact) mass is 198 g/mol. The van der Waals surface area contributed by atoms with E-state index in [1.54, 1.807) is 0 Å². The molecule has 0 aromatic rings. The number of carbonyl (C=O) groups is 2. The Bertz CT molecular complexity index is 218. The molecule has 4 heteroatoms. The molecule has 0 aliphatic carbocycles. The maximum atomic E-state index is 11.0. The van der Waals surface area contributed by atoms with E-state index >= 15 is 0 Å². The van der Waals surface area contributed by atoms with E-state index in [-0.39, 0.29) is 11.8 Å². The van der Waals surface area contributed by atoms with Gasteiger partial charge in [-0.05, 0) is 19.8 Å². The number of primary amides is 1. The van der Waals surface area contributed by atoms with Gasteiger partial charge in [0.05, 0.1) is 5.92 Å². The van der Waals surface area contributed by atoms with E-state index in [0.717, 1.165) is 25.7 Å². The maximum Gasteiger partial charge on any atom is 0.221 e. The van der Waals surface area contributed by atoms with Gasteiger partial charge in [-0.1, -0.05) is 0 Å². The normalized spacial score (nSPS) is 28.6. The Hall–Kier alpha value is -0.900. The molecule has 0 spiro atoms. The number of carbonyl (C=O) groups excluding carboxylic acids is 2. The molecule has 1 heterocycles. The van der Waals surface area contributed by atoms with Gasteiger partial charge in [0.2, 0.25) is 5.91 Å². The average molecular weight is 198 g/mol. The van der Waals surface area contributed by atoms with Crippen LogP contribution in [0.25, 0.3) is 0 Å². The van der Waals surface area contributed by atoms with Crippen molar-refractivity contribution in [1.29, 1.82) is 0 Å². The number of aldehydes is 1. The third kappa shape index (κ3) is 2.80. The van der Waals surface area contributed by atoms with Crippen LogP contribution in [-0.4, -0.2) is 36.2 Å². The Morgan fingerprint density at radius 1 is 1.57 bits per heavy atom. The SMILES string of the molecule is CC1CCC(C(N)=O)CN1CCC=O. The number of nitrogens with two attached hydrogens (primary N) is 1. The molecule has 2 unspecified atom stereocenters. The molecule has 1 rings (SSSR count). The first-order valence-electron chi connectivity index (χ1n) is 5.12. The van der Waals surface area contributed by atoms with Crippen molar-refractivity contribution in [2.75, 3.05) is 13.1 Å². The van der Waals surface area contributed by atoms with E-state index in [0.29, 0.717) is 19.0 Å². The molecule has 0 bridgehead atoms. The highest BCUT2D eigenvalue weighted by Gasteiger charge is 2.27. The minimum Gasteiger partial charge on any atom is -0.369 e. The lowest BCUT2D eigenvalue weighted by Crippen LogP contribution is -2.46. The van der Waals surface area contributed by atoms with Crippen molar-refractivity contribution in [1.82, 2.24) is 4.90 Å². The van der Waals surface area contributed by atoms with Crippen molar-refractivity contribution in [2.24, 2.45) is 11.7 Å². The van der Waals surface area contributed by atoms with Crippen LogP contribution in [0.4, 0.5) is 0 Å². The van der Waals surface area contributed by atoms with Crippen molar-refractivity contribution in [3.63, 3.8) is 0 Å². The first-order valence-corrected chi connectivity index (χ1v) is 5.12. The fourth-order valence-electron chi connectivity index (χ4n) is 1.94. The fourth-order valence-corrected chi connectivity index (χ4v) is 1.94. The lowest BCUT2D eigenvalue weighted by molar-refractivity contribution is -0.123. The molecule has 0 saturated carbocycles. The molecule has 1 amide bonds. The van der Waals surface area contributed by atoms with Gasteiger partial charge in [-0.15, -0.1) is 0 Å². The van der Waals surface area contributed by atoms with Gasteiger partial charge in [0.1, 0.15) is 6.29 Å². The number of amides is 1. The van der Waals surface area contributed by atoms with Crippen LogP contribution >= 0.6 is 0 Å². The van der Waals surface area contributed by atoms with E-state index in [1.165, 1.54) is 0 Å². The van der Waals surface area contributed by atoms with Crippen LogP contribution in [-0.2, 0) is 9.59 Å². The van der Waals surface area contributed by atoms with Crippen molar-refractivity contribution >= 4 is 12.2 Å². The van der Waals surface area contributed by atoms with Crippen molar-refractivity contribution in [2.45, 2.75) is 32.2 Å². The summed E-state index contributed by atoms with van der Waals surface area (Å²) >= 11 is 0. The summed E-state index contributed by atoms with van der Waals surface area (Å²) in [6, 6.07) is 0.463. The lowest BCUT2D eigenvalue weighted by Gasteiger charge is -2.36. The van der Waals surface area contributed by atoms with Gasteiger partial charge in [0, 0.05) is 25.6 Å². The third-order valence-electron chi connectivity index (χ3n) is 2.95. The second kappa shape index (κ2) is 5.10. The van der Waals surface area contributed by atoms with Crippen LogP contribution in [0.5, 0.6) is 0 Å². The zero-order valence-electron chi connectivity index (χ0n) is 8.61. The second-order valence-corrected chi connectivity index (χ2v) is 3.98. The highest BCUT2D eigenvalue weighted by atomic mass is 16.1. The summed E-state index contributed by atoms with van der Waals surface area (Å²) < 4.78 is 0. The topological polar surface area (TPSA) is 63.4 Å². The van der Waals surface area contributed by atoms with Crippen LogP contribution in [0.3, 0.4) is 0 Å². The zero-order chi connectivity index (χ0) is 10.6. The van der Waals surface area contributed by atoms with Crippen LogP contribution in [0.15, 0.2) is 0 Å². The molecule has 1 saturated heterocycles. The minimum absolute atomic E-state index is 0.0298. The van der Waals surface area contributed by atoms with Crippen LogP contribution in [0, 0.1) is 5.92 Å². The second-order valence-electron chi connectivity index (χ2n) is 3.98. The summed E-state index contributed by atoms with van der Waals surface area (Å²) in [5.41, 5.74) is 5.27. The first-order chi connectivity index (χ1) is 6.65. The predicted octanol–water partition coefficient (Wildman–Crippen LogP) is 0.161. The Morgan fingerprint density at radius 2 is 2.29 bits per heavy atom. The van der Waals surface area contributed by atoms with Crippen LogP contribution in [0.2, 0.25) is 0 Å². The molecule has 0 radical (unpaired) electrons. The molecule has 0 aromatic carbocycles. The smallest absolute Gasteiger partial charge is 0.221 e. The summed E-state index contributed by atoms with van der Waals surface area (Å²) in [6.07, 6.45) is 3.33. The van der Waals surface area contributed by atoms with Crippen molar-refractivity contribution < 1.29 is 9.59 Å². The van der Waals surface area contributed by atoms with Gasteiger partial charge in [-0.25, -0.2) is 0 Å². The zero-order valence-corrected chi connectivity index (χ0v) is 8.61. The van der Waals surface area contributed by atoms with Gasteiger partial charge in [-0.2, -0.15) is 0 Å². The molecule has 2 N–H and O–H groups in total. The Kier molecular flexibility index (Phi) is 4.07. The Balaban J connectivity index is 2.46. The Morgan fingerprint density at radius 3 is 2.86 bits per heavy atom. The van der Waals surface area contributed by atoms with Gasteiger partial charge < -0.3 is 10.5 Å². The van der Waals surface area contributed by atoms with Crippen molar-refractivity contribution in [3.05, 3.63) is 0 Å². The molecule has 1 aliphatic heterocycles. The highest BCUT2D eigenvalue weighted by molar-refractivity contribution is 5.77. The van der Waals surface area contributed by atoms with Gasteiger partial charge in [0.25, 0.3) is 0 Å². The summed E-state index contributed by atoms with van der Waals surface area (Å²) in [4.78, 5) is 23.4. The van der Waals surface area contributed by atoms with Crippen molar-refractivity contribution in [3.8, 4) is 0 Å². The maximum absolute atomic E-state index is 11.0. The van der Waals surface area contributed by atoms with E-state index < -0.39 is 0 Å². The molecular formula is C10H18N2O2. The van der Waals surface area contributed by atoms with E-state index in [4.69, 9.17) is 5.73 Å². The molecule has 0 aromatic heterocycles. The summed E-state index contributed by atoms with van der Waals surface area (Å²) in [5.74, 6) is -0.245. The number of hydrogen-bond donors (Lipinski definition) is 1. The first kappa shape index (κ1) is 11.2. The number of nitrogens with zero attached hydrogens (tertiary/aromatic N) is 1. The minimum atomic E-state index is -0.215. The molecule has 4 nitrogen and oxygen atoms in total. The molecule has 80 valence electrons. The largest absolute Gasteiger partial charge is 0.369 e. The summed E-state index contributed by atoms with van der Waals surface area (Å²) in [5, 5.41) is 0. The predicted molar refractivity (Wildman–Crippen MR) is 53.6 cm³/mol. The fraction of sp³-hybridized carbons (Fsp3) is 0.800. The molecule has 14 heavy (non-hydrogen) atoms. The molecular weight excluding hydrogens is 180 g/mol. The standard InChI is InChI=1S/C10H18N2O2/c1-8-3-4-9(10(11)14)7-12(8)5-2-6-13/h6,8-9H,2-5,7H2,1H3,(H2,11,14). The molecule has 1 fully saturated rings.